The highest BCUT2D eigenvalue weighted by Crippen LogP contribution is 2.39. The van der Waals surface area contributed by atoms with Crippen molar-refractivity contribution in [3.8, 4) is 11.8 Å². The summed E-state index contributed by atoms with van der Waals surface area (Å²) in [7, 11) is 0. The number of rotatable bonds is 1. The van der Waals surface area contributed by atoms with E-state index >= 15 is 0 Å². The van der Waals surface area contributed by atoms with Crippen molar-refractivity contribution >= 4 is 59.0 Å². The van der Waals surface area contributed by atoms with Crippen molar-refractivity contribution in [1.82, 2.24) is 4.57 Å². The van der Waals surface area contributed by atoms with Gasteiger partial charge in [-0.1, -0.05) is 42.5 Å². The fraction of sp³-hybridized carbons (Fsp3) is 0. The summed E-state index contributed by atoms with van der Waals surface area (Å²) in [6.45, 7) is 7.44. The van der Waals surface area contributed by atoms with Crippen LogP contribution in [0.2, 0.25) is 0 Å². The van der Waals surface area contributed by atoms with Crippen LogP contribution in [0, 0.1) is 17.9 Å². The van der Waals surface area contributed by atoms with Crippen molar-refractivity contribution in [1.29, 1.82) is 5.26 Å². The van der Waals surface area contributed by atoms with Gasteiger partial charge in [0, 0.05) is 37.4 Å². The summed E-state index contributed by atoms with van der Waals surface area (Å²) in [5, 5.41) is 14.1. The smallest absolute Gasteiger partial charge is 0.189 e. The first kappa shape index (κ1) is 16.8. The van der Waals surface area contributed by atoms with E-state index in [2.05, 4.69) is 51.9 Å². The van der Waals surface area contributed by atoms with E-state index in [-0.39, 0.29) is 0 Å². The molecular weight excluding hydrogens is 386 g/mol. The largest absolute Gasteiger partial charge is 0.310 e. The van der Waals surface area contributed by atoms with Gasteiger partial charge < -0.3 is 4.57 Å². The summed E-state index contributed by atoms with van der Waals surface area (Å²) in [6.07, 6.45) is 0. The van der Waals surface area contributed by atoms with Crippen molar-refractivity contribution in [3.05, 3.63) is 95.8 Å². The zero-order valence-corrected chi connectivity index (χ0v) is 16.6. The third kappa shape index (κ3) is 2.23. The highest BCUT2D eigenvalue weighted by molar-refractivity contribution is 7.26. The Kier molecular flexibility index (Phi) is 3.47. The third-order valence-electron chi connectivity index (χ3n) is 5.65. The lowest BCUT2D eigenvalue weighted by atomic mass is 10.1. The van der Waals surface area contributed by atoms with Crippen LogP contribution < -0.4 is 0 Å². The minimum atomic E-state index is 0.632. The Labute approximate surface area is 176 Å². The Hall–Kier alpha value is -4.12. The molecule has 0 saturated carbocycles. The molecule has 4 aromatic carbocycles. The molecule has 0 aliphatic heterocycles. The number of benzene rings is 4. The van der Waals surface area contributed by atoms with E-state index in [0.29, 0.717) is 11.3 Å². The lowest BCUT2D eigenvalue weighted by molar-refractivity contribution is 1.19. The number of nitrogens with zero attached hydrogens (tertiary/aromatic N) is 3. The van der Waals surface area contributed by atoms with Crippen LogP contribution in [0.5, 0.6) is 0 Å². The first-order valence-corrected chi connectivity index (χ1v) is 10.4. The molecule has 0 spiro atoms. The van der Waals surface area contributed by atoms with E-state index < -0.39 is 0 Å². The molecule has 0 saturated heterocycles. The molecule has 3 nitrogen and oxygen atoms in total. The number of nitriles is 1. The van der Waals surface area contributed by atoms with Gasteiger partial charge in [-0.2, -0.15) is 5.26 Å². The topological polar surface area (TPSA) is 33.1 Å². The Bertz CT molecular complexity index is 1720. The summed E-state index contributed by atoms with van der Waals surface area (Å²) in [5.41, 5.74) is 4.55. The van der Waals surface area contributed by atoms with E-state index in [1.165, 1.54) is 10.1 Å². The van der Waals surface area contributed by atoms with Crippen LogP contribution in [-0.2, 0) is 0 Å². The van der Waals surface area contributed by atoms with Gasteiger partial charge in [0.05, 0.1) is 22.4 Å². The number of hydrogen-bond acceptors (Lipinski definition) is 2. The molecule has 30 heavy (non-hydrogen) atoms. The maximum Gasteiger partial charge on any atom is 0.189 e. The highest BCUT2D eigenvalue weighted by Gasteiger charge is 2.14. The van der Waals surface area contributed by atoms with Crippen LogP contribution in [-0.4, -0.2) is 4.57 Å². The maximum atomic E-state index is 9.48. The van der Waals surface area contributed by atoms with E-state index in [9.17, 15) is 5.26 Å². The molecule has 0 unspecified atom stereocenters. The van der Waals surface area contributed by atoms with Crippen molar-refractivity contribution in [2.24, 2.45) is 0 Å². The predicted molar refractivity (Wildman–Crippen MR) is 125 cm³/mol. The summed E-state index contributed by atoms with van der Waals surface area (Å²) >= 11 is 1.66. The first-order valence-electron chi connectivity index (χ1n) is 9.55. The zero-order chi connectivity index (χ0) is 20.2. The summed E-state index contributed by atoms with van der Waals surface area (Å²) < 4.78 is 4.43. The van der Waals surface area contributed by atoms with Gasteiger partial charge in [0.15, 0.2) is 5.69 Å². The van der Waals surface area contributed by atoms with Gasteiger partial charge in [-0.3, -0.25) is 0 Å². The first-order chi connectivity index (χ1) is 14.8. The van der Waals surface area contributed by atoms with Crippen LogP contribution in [0.1, 0.15) is 5.56 Å². The molecule has 0 N–H and O–H groups in total. The van der Waals surface area contributed by atoms with Crippen molar-refractivity contribution in [2.75, 3.05) is 0 Å². The molecule has 2 heterocycles. The Balaban J connectivity index is 1.74. The molecule has 0 fully saturated rings. The van der Waals surface area contributed by atoms with Gasteiger partial charge in [-0.05, 0) is 36.4 Å². The Morgan fingerprint density at radius 3 is 2.50 bits per heavy atom. The molecule has 0 aliphatic rings. The lowest BCUT2D eigenvalue weighted by Crippen LogP contribution is -1.93. The molecule has 2 aromatic heterocycles. The van der Waals surface area contributed by atoms with E-state index in [4.69, 9.17) is 6.57 Å². The van der Waals surface area contributed by atoms with Crippen LogP contribution in [0.15, 0.2) is 78.9 Å². The minimum absolute atomic E-state index is 0.632. The number of fused-ring (bicyclic) bond motifs is 6. The highest BCUT2D eigenvalue weighted by atomic mass is 32.1. The minimum Gasteiger partial charge on any atom is -0.310 e. The van der Waals surface area contributed by atoms with Crippen LogP contribution in [0.3, 0.4) is 0 Å². The second-order valence-corrected chi connectivity index (χ2v) is 8.29. The van der Waals surface area contributed by atoms with Crippen LogP contribution in [0.25, 0.3) is 52.5 Å². The normalized spacial score (nSPS) is 11.3. The number of aromatic nitrogens is 1. The lowest BCUT2D eigenvalue weighted by Gasteiger charge is -2.08. The molecule has 0 amide bonds. The summed E-state index contributed by atoms with van der Waals surface area (Å²) in [6, 6.07) is 28.9. The average molecular weight is 399 g/mol. The van der Waals surface area contributed by atoms with Crippen molar-refractivity contribution in [2.45, 2.75) is 0 Å². The van der Waals surface area contributed by atoms with E-state index in [1.54, 1.807) is 11.3 Å². The number of thiophene rings is 1. The van der Waals surface area contributed by atoms with E-state index in [1.807, 2.05) is 42.5 Å². The molecule has 138 valence electrons. The van der Waals surface area contributed by atoms with Gasteiger partial charge in [-0.25, -0.2) is 4.85 Å². The number of para-hydroxylation sites is 1. The molecule has 0 bridgehead atoms. The van der Waals surface area contributed by atoms with Crippen LogP contribution in [0.4, 0.5) is 5.69 Å². The summed E-state index contributed by atoms with van der Waals surface area (Å²) in [5.74, 6) is 0. The van der Waals surface area contributed by atoms with Gasteiger partial charge >= 0.3 is 0 Å². The van der Waals surface area contributed by atoms with Gasteiger partial charge in [0.2, 0.25) is 0 Å². The average Bonchev–Trinajstić information content (AvgIpc) is 3.33. The van der Waals surface area contributed by atoms with Gasteiger partial charge in [-0.15, -0.1) is 11.3 Å². The fourth-order valence-electron chi connectivity index (χ4n) is 4.32. The molecule has 6 rings (SSSR count). The Morgan fingerprint density at radius 1 is 0.800 bits per heavy atom. The standard InChI is InChI=1S/C26H13N3S/c1-28-17-9-11-20-19-6-2-3-8-23(19)29(24(20)13-17)18-10-12-25-22(14-18)21-7-4-5-16(15-27)26(21)30-25/h2-14H. The van der Waals surface area contributed by atoms with Crippen molar-refractivity contribution in [3.63, 3.8) is 0 Å². The summed E-state index contributed by atoms with van der Waals surface area (Å²) in [4.78, 5) is 3.64. The predicted octanol–water partition coefficient (Wildman–Crippen LogP) is 7.57. The second kappa shape index (κ2) is 6.19. The zero-order valence-electron chi connectivity index (χ0n) is 15.8. The SMILES string of the molecule is [C-]#[N+]c1ccc2c3ccccc3n(-c3ccc4sc5c(C#N)cccc5c4c3)c2c1. The fourth-order valence-corrected chi connectivity index (χ4v) is 5.47. The maximum absolute atomic E-state index is 9.48. The Morgan fingerprint density at radius 2 is 1.63 bits per heavy atom. The molecular formula is C26H13N3S. The monoisotopic (exact) mass is 399 g/mol. The molecule has 0 radical (unpaired) electrons. The molecule has 0 aliphatic carbocycles. The van der Waals surface area contributed by atoms with E-state index in [0.717, 1.165) is 37.6 Å². The third-order valence-corrected chi connectivity index (χ3v) is 6.87. The quantitative estimate of drug-likeness (QED) is 0.262. The van der Waals surface area contributed by atoms with Crippen molar-refractivity contribution < 1.29 is 0 Å². The molecule has 4 heteroatoms. The molecule has 6 aromatic rings. The number of hydrogen-bond donors (Lipinski definition) is 0. The molecule has 0 atom stereocenters. The second-order valence-electron chi connectivity index (χ2n) is 7.24. The van der Waals surface area contributed by atoms with Gasteiger partial charge in [0.25, 0.3) is 0 Å². The van der Waals surface area contributed by atoms with Crippen LogP contribution >= 0.6 is 11.3 Å². The van der Waals surface area contributed by atoms with Gasteiger partial charge in [0.1, 0.15) is 6.07 Å².